The van der Waals surface area contributed by atoms with Crippen LogP contribution in [0, 0.1) is 18.2 Å². The van der Waals surface area contributed by atoms with Crippen LogP contribution in [0.1, 0.15) is 40.4 Å². The second kappa shape index (κ2) is 10.6. The number of nitrogens with two attached hydrogens (primary N) is 1. The van der Waals surface area contributed by atoms with E-state index in [9.17, 15) is 8.78 Å². The average molecular weight is 614 g/mol. The molecule has 45 heavy (non-hydrogen) atoms. The van der Waals surface area contributed by atoms with Gasteiger partial charge in [-0.2, -0.15) is 18.7 Å². The number of pyridine rings is 1. The number of hydrogen-bond donors (Lipinski definition) is 2. The van der Waals surface area contributed by atoms with Gasteiger partial charge < -0.3 is 20.7 Å². The predicted octanol–water partition coefficient (Wildman–Crippen LogP) is 5.26. The second-order valence-corrected chi connectivity index (χ2v) is 12.5. The molecule has 0 amide bonds. The molecule has 6 heterocycles. The Hall–Kier alpha value is -4.40. The van der Waals surface area contributed by atoms with Crippen molar-refractivity contribution >= 4 is 33.2 Å². The monoisotopic (exact) mass is 613 g/mol. The summed E-state index contributed by atoms with van der Waals surface area (Å²) in [6.07, 6.45) is 8.32. The van der Waals surface area contributed by atoms with Crippen molar-refractivity contribution in [3.8, 4) is 29.6 Å². The van der Waals surface area contributed by atoms with E-state index in [-0.39, 0.29) is 47.8 Å². The molecule has 4 aliphatic heterocycles. The minimum absolute atomic E-state index is 0.0268. The Bertz CT molecular complexity index is 2020. The number of halogens is 3. The summed E-state index contributed by atoms with van der Waals surface area (Å²) in [5, 5.41) is 5.26. The highest BCUT2D eigenvalue weighted by atomic mass is 19.3. The fourth-order valence-corrected chi connectivity index (χ4v) is 7.65. The van der Waals surface area contributed by atoms with Gasteiger partial charge in [0.1, 0.15) is 23.6 Å². The Labute approximate surface area is 261 Å². The molecule has 8 rings (SSSR count). The molecule has 4 saturated heterocycles. The molecule has 4 fully saturated rings. The standard InChI is InChI=1S/C34H32F3N7O/c1-2-19-5-3-6-20-11-22(38)12-25(27(19)20)29-28(35)30-26(14-39-29)32(43-16-23-7-8-24(17-43)40-23)42-33(41-30)45-18-34-9-4-10-44(34)15-21(13-34)31(36)37/h1,3,5-6,11-12,14,23-24,40H,4,7-10,13,15-18,38H2/t23-,24+,34?/i18D2. The molecular formula is C34H32F3N7O. The lowest BCUT2D eigenvalue weighted by atomic mass is 9.94. The Balaban J connectivity index is 1.29. The van der Waals surface area contributed by atoms with Crippen LogP contribution in [0.4, 0.5) is 24.7 Å². The van der Waals surface area contributed by atoms with E-state index in [2.05, 4.69) is 26.2 Å². The number of terminal acetylenes is 1. The van der Waals surface area contributed by atoms with Gasteiger partial charge in [-0.1, -0.05) is 18.1 Å². The lowest BCUT2D eigenvalue weighted by Gasteiger charge is -2.34. The van der Waals surface area contributed by atoms with E-state index in [0.29, 0.717) is 65.9 Å². The molecule has 0 aliphatic carbocycles. The molecule has 2 bridgehead atoms. The smallest absolute Gasteiger partial charge is 0.319 e. The lowest BCUT2D eigenvalue weighted by Crippen LogP contribution is -2.51. The Morgan fingerprint density at radius 2 is 2.04 bits per heavy atom. The normalized spacial score (nSPS) is 25.4. The third kappa shape index (κ3) is 4.66. The van der Waals surface area contributed by atoms with Crippen LogP contribution in [-0.2, 0) is 0 Å². The molecule has 0 spiro atoms. The van der Waals surface area contributed by atoms with Gasteiger partial charge in [0.25, 0.3) is 6.08 Å². The number of benzene rings is 2. The fraction of sp³-hybridized carbons (Fsp3) is 0.382. The maximum absolute atomic E-state index is 16.9. The van der Waals surface area contributed by atoms with Crippen LogP contribution in [0.5, 0.6) is 6.01 Å². The number of aromatic nitrogens is 3. The van der Waals surface area contributed by atoms with E-state index in [1.54, 1.807) is 29.2 Å². The van der Waals surface area contributed by atoms with Crippen molar-refractivity contribution in [1.29, 1.82) is 0 Å². The van der Waals surface area contributed by atoms with Crippen LogP contribution in [0.25, 0.3) is 32.9 Å². The molecule has 2 aromatic carbocycles. The summed E-state index contributed by atoms with van der Waals surface area (Å²) >= 11 is 0. The quantitative estimate of drug-likeness (QED) is 0.233. The summed E-state index contributed by atoms with van der Waals surface area (Å²) in [6.45, 7) is -0.830. The molecule has 4 aromatic rings. The highest BCUT2D eigenvalue weighted by Crippen LogP contribution is 2.43. The zero-order valence-corrected chi connectivity index (χ0v) is 24.4. The Kier molecular flexibility index (Phi) is 6.10. The fourth-order valence-electron chi connectivity index (χ4n) is 7.65. The van der Waals surface area contributed by atoms with Crippen LogP contribution in [-0.4, -0.2) is 70.2 Å². The molecule has 230 valence electrons. The van der Waals surface area contributed by atoms with Crippen molar-refractivity contribution in [1.82, 2.24) is 25.2 Å². The number of hydrogen-bond acceptors (Lipinski definition) is 8. The van der Waals surface area contributed by atoms with Crippen LogP contribution in [0.3, 0.4) is 0 Å². The Morgan fingerprint density at radius 3 is 2.82 bits per heavy atom. The number of anilines is 2. The number of nitrogens with one attached hydrogen (secondary N) is 1. The molecule has 2 aromatic heterocycles. The van der Waals surface area contributed by atoms with E-state index in [1.165, 1.54) is 6.20 Å². The number of nitrogen functional groups attached to an aromatic ring is 1. The summed E-state index contributed by atoms with van der Waals surface area (Å²) in [5.41, 5.74) is 6.02. The third-order valence-corrected chi connectivity index (χ3v) is 9.68. The summed E-state index contributed by atoms with van der Waals surface area (Å²) in [5.74, 6) is 2.28. The molecule has 3 N–H and O–H groups in total. The first-order valence-corrected chi connectivity index (χ1v) is 15.2. The molecular weight excluding hydrogens is 579 g/mol. The van der Waals surface area contributed by atoms with Crippen LogP contribution >= 0.6 is 0 Å². The van der Waals surface area contributed by atoms with E-state index in [4.69, 9.17) is 19.6 Å². The number of ether oxygens (including phenoxy) is 1. The number of nitrogens with zero attached hydrogens (tertiary/aromatic N) is 5. The van der Waals surface area contributed by atoms with Gasteiger partial charge in [-0.05, 0) is 62.2 Å². The molecule has 0 saturated carbocycles. The summed E-state index contributed by atoms with van der Waals surface area (Å²) < 4.78 is 68.5. The first-order valence-electron chi connectivity index (χ1n) is 16.2. The summed E-state index contributed by atoms with van der Waals surface area (Å²) in [4.78, 5) is 17.4. The number of piperazine rings is 1. The average Bonchev–Trinajstić information content (AvgIpc) is 3.73. The van der Waals surface area contributed by atoms with Crippen molar-refractivity contribution in [3.05, 3.63) is 59.6 Å². The number of rotatable bonds is 5. The van der Waals surface area contributed by atoms with Gasteiger partial charge in [0.2, 0.25) is 0 Å². The number of fused-ring (bicyclic) bond motifs is 5. The van der Waals surface area contributed by atoms with Gasteiger partial charge in [-0.3, -0.25) is 9.88 Å². The van der Waals surface area contributed by atoms with E-state index in [1.807, 2.05) is 11.0 Å². The first-order chi connectivity index (χ1) is 22.6. The summed E-state index contributed by atoms with van der Waals surface area (Å²) in [6, 6.07) is 8.85. The molecule has 3 atom stereocenters. The first kappa shape index (κ1) is 25.9. The summed E-state index contributed by atoms with van der Waals surface area (Å²) in [7, 11) is 0. The molecule has 4 aliphatic rings. The third-order valence-electron chi connectivity index (χ3n) is 9.68. The van der Waals surface area contributed by atoms with E-state index < -0.39 is 24.0 Å². The molecule has 1 unspecified atom stereocenters. The highest BCUT2D eigenvalue weighted by Gasteiger charge is 2.48. The van der Waals surface area contributed by atoms with Gasteiger partial charge >= 0.3 is 6.01 Å². The van der Waals surface area contributed by atoms with Crippen molar-refractivity contribution in [2.24, 2.45) is 0 Å². The molecule has 11 heteroatoms. The zero-order valence-electron chi connectivity index (χ0n) is 26.4. The minimum Gasteiger partial charge on any atom is -0.461 e. The van der Waals surface area contributed by atoms with Gasteiger partial charge in [0, 0.05) is 65.7 Å². The Morgan fingerprint density at radius 1 is 1.22 bits per heavy atom. The zero-order chi connectivity index (χ0) is 32.7. The van der Waals surface area contributed by atoms with Crippen molar-refractivity contribution < 1.29 is 20.6 Å². The molecule has 0 radical (unpaired) electrons. The maximum Gasteiger partial charge on any atom is 0.319 e. The lowest BCUT2D eigenvalue weighted by molar-refractivity contribution is 0.108. The van der Waals surface area contributed by atoms with Crippen molar-refractivity contribution in [2.75, 3.05) is 43.4 Å². The predicted molar refractivity (Wildman–Crippen MR) is 168 cm³/mol. The highest BCUT2D eigenvalue weighted by molar-refractivity contribution is 6.03. The SMILES string of the molecule is [2H]C([2H])(Oc1nc(N2C[C@H]3CC[C@@H](C2)N3)c2cnc(-c3cc(N)cc4cccc(C#C)c34)c(F)c2n1)C12CCCN1CC(=C(F)F)C2. The minimum atomic E-state index is -2.47. The topological polar surface area (TPSA) is 92.4 Å². The van der Waals surface area contributed by atoms with Gasteiger partial charge in [-0.25, -0.2) is 4.39 Å². The van der Waals surface area contributed by atoms with Crippen LogP contribution in [0.2, 0.25) is 0 Å². The second-order valence-electron chi connectivity index (χ2n) is 12.5. The van der Waals surface area contributed by atoms with Crippen LogP contribution < -0.4 is 20.7 Å². The van der Waals surface area contributed by atoms with Gasteiger partial charge in [0.15, 0.2) is 5.82 Å². The van der Waals surface area contributed by atoms with Gasteiger partial charge in [-0.15, -0.1) is 6.42 Å². The molecule has 8 nitrogen and oxygen atoms in total. The van der Waals surface area contributed by atoms with Crippen molar-refractivity contribution in [2.45, 2.75) is 49.7 Å². The van der Waals surface area contributed by atoms with E-state index in [0.717, 1.165) is 18.2 Å². The van der Waals surface area contributed by atoms with E-state index >= 15 is 4.39 Å². The van der Waals surface area contributed by atoms with Crippen molar-refractivity contribution in [3.63, 3.8) is 0 Å². The van der Waals surface area contributed by atoms with Crippen LogP contribution in [0.15, 0.2) is 48.2 Å². The maximum atomic E-state index is 16.9. The van der Waals surface area contributed by atoms with Gasteiger partial charge in [0.05, 0.1) is 13.7 Å². The largest absolute Gasteiger partial charge is 0.461 e.